The van der Waals surface area contributed by atoms with Crippen LogP contribution in [0.2, 0.25) is 0 Å². The molecule has 0 saturated carbocycles. The number of hydrogen-bond acceptors (Lipinski definition) is 4. The summed E-state index contributed by atoms with van der Waals surface area (Å²) in [7, 11) is 1.43. The van der Waals surface area contributed by atoms with Crippen LogP contribution >= 0.6 is 0 Å². The molecule has 5 nitrogen and oxygen atoms in total. The first-order valence-corrected chi connectivity index (χ1v) is 8.87. The molecule has 0 unspecified atom stereocenters. The maximum atomic E-state index is 12.4. The van der Waals surface area contributed by atoms with E-state index in [0.717, 1.165) is 61.4 Å². The number of carbonyl (C=O) groups excluding carboxylic acids is 2. The van der Waals surface area contributed by atoms with E-state index in [2.05, 4.69) is 11.0 Å². The van der Waals surface area contributed by atoms with Crippen molar-refractivity contribution in [3.05, 3.63) is 52.7 Å². The van der Waals surface area contributed by atoms with E-state index in [1.807, 2.05) is 29.2 Å². The van der Waals surface area contributed by atoms with Gasteiger partial charge in [-0.15, -0.1) is 0 Å². The Morgan fingerprint density at radius 1 is 1.12 bits per heavy atom. The minimum Gasteiger partial charge on any atom is -0.466 e. The Morgan fingerprint density at radius 3 is 2.68 bits per heavy atom. The highest BCUT2D eigenvalue weighted by molar-refractivity contribution is 5.96. The number of hydrogen-bond donors (Lipinski definition) is 0. The average Bonchev–Trinajstić information content (AvgIpc) is 3.02. The Bertz CT molecular complexity index is 790. The van der Waals surface area contributed by atoms with Gasteiger partial charge in [0.2, 0.25) is 0 Å². The minimum absolute atomic E-state index is 0.125. The van der Waals surface area contributed by atoms with Gasteiger partial charge < -0.3 is 14.5 Å². The first kappa shape index (κ1) is 15.9. The predicted octanol–water partition coefficient (Wildman–Crippen LogP) is 2.67. The van der Waals surface area contributed by atoms with E-state index in [9.17, 15) is 9.59 Å². The number of benzene rings is 1. The highest BCUT2D eigenvalue weighted by Gasteiger charge is 2.28. The maximum absolute atomic E-state index is 12.4. The van der Waals surface area contributed by atoms with Gasteiger partial charge >= 0.3 is 5.97 Å². The molecule has 4 rings (SSSR count). The van der Waals surface area contributed by atoms with Crippen LogP contribution in [0.3, 0.4) is 0 Å². The molecule has 25 heavy (non-hydrogen) atoms. The number of carbonyl (C=O) groups is 2. The summed E-state index contributed by atoms with van der Waals surface area (Å²) in [5, 5.41) is 0. The zero-order chi connectivity index (χ0) is 17.4. The zero-order valence-corrected chi connectivity index (χ0v) is 14.5. The van der Waals surface area contributed by atoms with Crippen molar-refractivity contribution in [1.29, 1.82) is 0 Å². The standard InChI is InChI=1S/C20H22N2O3/c1-25-20(24)16-5-2-3-6-18(16)22-12-9-14-13-15(7-8-17(14)22)19(23)21-10-4-11-21/h3,6-8,13H,2,4-5,9-12H2,1H3. The van der Waals surface area contributed by atoms with E-state index >= 15 is 0 Å². The van der Waals surface area contributed by atoms with Crippen LogP contribution in [0.1, 0.15) is 35.2 Å². The third kappa shape index (κ3) is 2.73. The summed E-state index contributed by atoms with van der Waals surface area (Å²) < 4.78 is 4.96. The van der Waals surface area contributed by atoms with Gasteiger partial charge in [0, 0.05) is 30.9 Å². The maximum Gasteiger partial charge on any atom is 0.335 e. The lowest BCUT2D eigenvalue weighted by Crippen LogP contribution is -2.42. The van der Waals surface area contributed by atoms with Gasteiger partial charge in [0.15, 0.2) is 0 Å². The van der Waals surface area contributed by atoms with Crippen LogP contribution in [-0.2, 0) is 16.0 Å². The summed E-state index contributed by atoms with van der Waals surface area (Å²) in [5.74, 6) is -0.128. The zero-order valence-electron chi connectivity index (χ0n) is 14.5. The molecular formula is C20H22N2O3. The van der Waals surface area contributed by atoms with Crippen LogP contribution in [0.15, 0.2) is 41.6 Å². The van der Waals surface area contributed by atoms with Crippen molar-refractivity contribution in [2.45, 2.75) is 25.7 Å². The van der Waals surface area contributed by atoms with Crippen molar-refractivity contribution in [2.24, 2.45) is 0 Å². The van der Waals surface area contributed by atoms with Crippen molar-refractivity contribution in [3.63, 3.8) is 0 Å². The van der Waals surface area contributed by atoms with Gasteiger partial charge in [0.05, 0.1) is 18.4 Å². The van der Waals surface area contributed by atoms with Gasteiger partial charge in [-0.2, -0.15) is 0 Å². The van der Waals surface area contributed by atoms with E-state index in [1.165, 1.54) is 12.7 Å². The minimum atomic E-state index is -0.252. The monoisotopic (exact) mass is 338 g/mol. The van der Waals surface area contributed by atoms with Gasteiger partial charge in [-0.1, -0.05) is 6.08 Å². The molecule has 1 aliphatic carbocycles. The average molecular weight is 338 g/mol. The summed E-state index contributed by atoms with van der Waals surface area (Å²) in [6, 6.07) is 5.93. The first-order chi connectivity index (χ1) is 12.2. The molecule has 0 aromatic heterocycles. The number of ether oxygens (including phenoxy) is 1. The second-order valence-corrected chi connectivity index (χ2v) is 6.69. The van der Waals surface area contributed by atoms with Crippen molar-refractivity contribution < 1.29 is 14.3 Å². The third-order valence-electron chi connectivity index (χ3n) is 5.23. The molecule has 1 fully saturated rings. The van der Waals surface area contributed by atoms with E-state index < -0.39 is 0 Å². The summed E-state index contributed by atoms with van der Waals surface area (Å²) in [5.41, 5.74) is 4.68. The fourth-order valence-electron chi connectivity index (χ4n) is 3.72. The van der Waals surface area contributed by atoms with Crippen molar-refractivity contribution in [3.8, 4) is 0 Å². The molecule has 1 aromatic carbocycles. The van der Waals surface area contributed by atoms with Crippen LogP contribution in [0, 0.1) is 0 Å². The number of fused-ring (bicyclic) bond motifs is 1. The highest BCUT2D eigenvalue weighted by atomic mass is 16.5. The molecule has 1 aromatic rings. The van der Waals surface area contributed by atoms with Gasteiger partial charge in [0.25, 0.3) is 5.91 Å². The fourth-order valence-corrected chi connectivity index (χ4v) is 3.72. The number of methoxy groups -OCH3 is 1. The Kier molecular flexibility index (Phi) is 4.07. The molecule has 0 spiro atoms. The Balaban J connectivity index is 1.65. The lowest BCUT2D eigenvalue weighted by atomic mass is 10.0. The molecule has 2 aliphatic heterocycles. The molecule has 0 bridgehead atoms. The molecule has 130 valence electrons. The molecule has 1 amide bonds. The smallest absolute Gasteiger partial charge is 0.335 e. The predicted molar refractivity (Wildman–Crippen MR) is 95.4 cm³/mol. The highest BCUT2D eigenvalue weighted by Crippen LogP contribution is 2.35. The summed E-state index contributed by atoms with van der Waals surface area (Å²) in [6.45, 7) is 2.54. The first-order valence-electron chi connectivity index (χ1n) is 8.87. The molecule has 5 heteroatoms. The lowest BCUT2D eigenvalue weighted by molar-refractivity contribution is -0.136. The summed E-state index contributed by atoms with van der Waals surface area (Å²) in [4.78, 5) is 28.6. The Hall–Kier alpha value is -2.56. The number of likely N-dealkylation sites (tertiary alicyclic amines) is 1. The van der Waals surface area contributed by atoms with Gasteiger partial charge in [-0.25, -0.2) is 4.79 Å². The number of allylic oxidation sites excluding steroid dienone is 2. The largest absolute Gasteiger partial charge is 0.466 e. The normalized spacial score (nSPS) is 18.9. The molecule has 1 saturated heterocycles. The van der Waals surface area contributed by atoms with E-state index in [0.29, 0.717) is 6.42 Å². The Labute approximate surface area is 147 Å². The molecule has 0 atom stereocenters. The number of nitrogens with zero attached hydrogens (tertiary/aromatic N) is 2. The fraction of sp³-hybridized carbons (Fsp3) is 0.400. The SMILES string of the molecule is COC(=O)C1=C(N2CCc3cc(C(=O)N4CCC4)ccc32)C=CCC1. The lowest BCUT2D eigenvalue weighted by Gasteiger charge is -2.31. The quantitative estimate of drug-likeness (QED) is 0.795. The third-order valence-corrected chi connectivity index (χ3v) is 5.23. The molecule has 2 heterocycles. The van der Waals surface area contributed by atoms with Gasteiger partial charge in [-0.3, -0.25) is 4.79 Å². The topological polar surface area (TPSA) is 49.9 Å². The van der Waals surface area contributed by atoms with Gasteiger partial charge in [0.1, 0.15) is 0 Å². The van der Waals surface area contributed by atoms with Crippen molar-refractivity contribution >= 4 is 17.6 Å². The summed E-state index contributed by atoms with van der Waals surface area (Å²) >= 11 is 0. The second kappa shape index (κ2) is 6.39. The number of anilines is 1. The van der Waals surface area contributed by atoms with Crippen molar-refractivity contribution in [1.82, 2.24) is 4.90 Å². The van der Waals surface area contributed by atoms with Crippen LogP contribution < -0.4 is 4.90 Å². The van der Waals surface area contributed by atoms with Crippen LogP contribution in [0.4, 0.5) is 5.69 Å². The van der Waals surface area contributed by atoms with E-state index in [4.69, 9.17) is 4.74 Å². The molecular weight excluding hydrogens is 316 g/mol. The van der Waals surface area contributed by atoms with Crippen molar-refractivity contribution in [2.75, 3.05) is 31.6 Å². The van der Waals surface area contributed by atoms with E-state index in [1.54, 1.807) is 0 Å². The summed E-state index contributed by atoms with van der Waals surface area (Å²) in [6.07, 6.45) is 7.66. The molecule has 0 N–H and O–H groups in total. The number of rotatable bonds is 3. The van der Waals surface area contributed by atoms with Gasteiger partial charge in [-0.05, 0) is 55.5 Å². The number of amides is 1. The van der Waals surface area contributed by atoms with E-state index in [-0.39, 0.29) is 11.9 Å². The van der Waals surface area contributed by atoms with Crippen LogP contribution in [0.25, 0.3) is 0 Å². The Morgan fingerprint density at radius 2 is 1.96 bits per heavy atom. The van der Waals surface area contributed by atoms with Crippen LogP contribution in [0.5, 0.6) is 0 Å². The molecule has 0 radical (unpaired) electrons. The second-order valence-electron chi connectivity index (χ2n) is 6.69. The molecule has 3 aliphatic rings. The van der Waals surface area contributed by atoms with Crippen LogP contribution in [-0.4, -0.2) is 43.5 Å². The number of esters is 1.